The Morgan fingerprint density at radius 3 is 2.90 bits per heavy atom. The number of methoxy groups -OCH3 is 1. The molecule has 2 rings (SSSR count). The van der Waals surface area contributed by atoms with Crippen molar-refractivity contribution in [3.8, 4) is 0 Å². The first kappa shape index (κ1) is 15.2. The summed E-state index contributed by atoms with van der Waals surface area (Å²) < 4.78 is 6.02. The number of carbonyl (C=O) groups excluding carboxylic acids is 1. The van der Waals surface area contributed by atoms with Crippen LogP contribution in [0.15, 0.2) is 16.9 Å². The molecule has 0 saturated carbocycles. The molecular formula is C13H17N3O5. The lowest BCUT2D eigenvalue weighted by Gasteiger charge is -2.21. The molecule has 0 bridgehead atoms. The van der Waals surface area contributed by atoms with E-state index < -0.39 is 17.9 Å². The summed E-state index contributed by atoms with van der Waals surface area (Å²) in [6.45, 7) is 0.916. The molecule has 0 radical (unpaired) electrons. The molecule has 1 N–H and O–H groups in total. The molecule has 1 amide bonds. The molecule has 0 unspecified atom stereocenters. The minimum absolute atomic E-state index is 0.0684. The molecule has 1 aromatic rings. The quantitative estimate of drug-likeness (QED) is 0.791. The SMILES string of the molecule is COCCn1nc(C(=O)N2CCC[C@H]2C(=O)O)ccc1=O. The van der Waals surface area contributed by atoms with Crippen LogP contribution in [0.25, 0.3) is 0 Å². The number of aromatic nitrogens is 2. The third-order valence-corrected chi connectivity index (χ3v) is 3.39. The first-order valence-corrected chi connectivity index (χ1v) is 6.65. The van der Waals surface area contributed by atoms with Gasteiger partial charge in [0.15, 0.2) is 0 Å². The molecule has 1 atom stereocenters. The number of ether oxygens (including phenoxy) is 1. The van der Waals surface area contributed by atoms with E-state index in [-0.39, 0.29) is 17.8 Å². The first-order chi connectivity index (χ1) is 10.0. The summed E-state index contributed by atoms with van der Waals surface area (Å²) in [7, 11) is 1.50. The molecule has 1 aromatic heterocycles. The number of hydrogen-bond acceptors (Lipinski definition) is 5. The number of nitrogens with zero attached hydrogens (tertiary/aromatic N) is 3. The summed E-state index contributed by atoms with van der Waals surface area (Å²) in [6, 6.07) is 1.76. The van der Waals surface area contributed by atoms with Crippen molar-refractivity contribution in [1.82, 2.24) is 14.7 Å². The highest BCUT2D eigenvalue weighted by Gasteiger charge is 2.35. The Kier molecular flexibility index (Phi) is 4.69. The van der Waals surface area contributed by atoms with E-state index in [4.69, 9.17) is 9.84 Å². The fraction of sp³-hybridized carbons (Fsp3) is 0.538. The average molecular weight is 295 g/mol. The molecule has 114 valence electrons. The topological polar surface area (TPSA) is 102 Å². The van der Waals surface area contributed by atoms with Crippen LogP contribution in [-0.4, -0.2) is 58.0 Å². The molecule has 8 heteroatoms. The maximum Gasteiger partial charge on any atom is 0.326 e. The highest BCUT2D eigenvalue weighted by molar-refractivity contribution is 5.95. The van der Waals surface area contributed by atoms with E-state index in [0.29, 0.717) is 26.0 Å². The van der Waals surface area contributed by atoms with E-state index in [1.807, 2.05) is 0 Å². The van der Waals surface area contributed by atoms with Crippen molar-refractivity contribution in [2.45, 2.75) is 25.4 Å². The molecule has 0 aromatic carbocycles. The van der Waals surface area contributed by atoms with Gasteiger partial charge in [0, 0.05) is 19.7 Å². The van der Waals surface area contributed by atoms with Gasteiger partial charge in [-0.05, 0) is 18.9 Å². The molecule has 0 spiro atoms. The number of carbonyl (C=O) groups is 2. The molecule has 1 aliphatic heterocycles. The molecular weight excluding hydrogens is 278 g/mol. The van der Waals surface area contributed by atoms with Gasteiger partial charge in [0.05, 0.1) is 13.2 Å². The summed E-state index contributed by atoms with van der Waals surface area (Å²) in [4.78, 5) is 36.4. The average Bonchev–Trinajstić information content (AvgIpc) is 2.95. The largest absolute Gasteiger partial charge is 0.480 e. The van der Waals surface area contributed by atoms with E-state index in [0.717, 1.165) is 4.68 Å². The fourth-order valence-corrected chi connectivity index (χ4v) is 2.31. The third kappa shape index (κ3) is 3.27. The number of rotatable bonds is 5. The normalized spacial score (nSPS) is 18.0. The Bertz CT molecular complexity index is 598. The lowest BCUT2D eigenvalue weighted by atomic mass is 10.2. The van der Waals surface area contributed by atoms with Crippen LogP contribution >= 0.6 is 0 Å². The Hall–Kier alpha value is -2.22. The summed E-state index contributed by atoms with van der Waals surface area (Å²) >= 11 is 0. The van der Waals surface area contributed by atoms with Crippen LogP contribution in [0.3, 0.4) is 0 Å². The summed E-state index contributed by atoms with van der Waals surface area (Å²) in [6.07, 6.45) is 1.08. The zero-order valence-corrected chi connectivity index (χ0v) is 11.7. The number of hydrogen-bond donors (Lipinski definition) is 1. The van der Waals surface area contributed by atoms with Gasteiger partial charge >= 0.3 is 5.97 Å². The summed E-state index contributed by atoms with van der Waals surface area (Å²) in [5.74, 6) is -1.49. The highest BCUT2D eigenvalue weighted by atomic mass is 16.5. The smallest absolute Gasteiger partial charge is 0.326 e. The first-order valence-electron chi connectivity index (χ1n) is 6.65. The molecule has 2 heterocycles. The third-order valence-electron chi connectivity index (χ3n) is 3.39. The molecule has 1 fully saturated rings. The molecule has 1 aliphatic rings. The molecule has 1 saturated heterocycles. The van der Waals surface area contributed by atoms with Gasteiger partial charge in [0.1, 0.15) is 11.7 Å². The monoisotopic (exact) mass is 295 g/mol. The van der Waals surface area contributed by atoms with Crippen molar-refractivity contribution < 1.29 is 19.4 Å². The fourth-order valence-electron chi connectivity index (χ4n) is 2.31. The van der Waals surface area contributed by atoms with Gasteiger partial charge in [-0.2, -0.15) is 5.10 Å². The van der Waals surface area contributed by atoms with Gasteiger partial charge in [0.25, 0.3) is 11.5 Å². The summed E-state index contributed by atoms with van der Waals surface area (Å²) in [5.41, 5.74) is -0.265. The van der Waals surface area contributed by atoms with Gasteiger partial charge in [-0.3, -0.25) is 9.59 Å². The van der Waals surface area contributed by atoms with E-state index in [1.165, 1.54) is 24.1 Å². The predicted molar refractivity (Wildman–Crippen MR) is 72.1 cm³/mol. The maximum absolute atomic E-state index is 12.4. The van der Waals surface area contributed by atoms with Crippen molar-refractivity contribution >= 4 is 11.9 Å². The zero-order valence-electron chi connectivity index (χ0n) is 11.7. The van der Waals surface area contributed by atoms with Gasteiger partial charge in [-0.15, -0.1) is 0 Å². The second-order valence-electron chi connectivity index (χ2n) is 4.77. The second-order valence-corrected chi connectivity index (χ2v) is 4.77. The van der Waals surface area contributed by atoms with Crippen molar-refractivity contribution in [2.75, 3.05) is 20.3 Å². The minimum atomic E-state index is -1.02. The zero-order chi connectivity index (χ0) is 15.4. The van der Waals surface area contributed by atoms with Crippen LogP contribution < -0.4 is 5.56 Å². The van der Waals surface area contributed by atoms with E-state index in [1.54, 1.807) is 0 Å². The maximum atomic E-state index is 12.4. The van der Waals surface area contributed by atoms with Crippen molar-refractivity contribution in [1.29, 1.82) is 0 Å². The van der Waals surface area contributed by atoms with Crippen molar-refractivity contribution in [2.24, 2.45) is 0 Å². The number of likely N-dealkylation sites (tertiary alicyclic amines) is 1. The van der Waals surface area contributed by atoms with Crippen LogP contribution in [0.4, 0.5) is 0 Å². The van der Waals surface area contributed by atoms with Crippen molar-refractivity contribution in [3.63, 3.8) is 0 Å². The predicted octanol–water partition coefficient (Wildman–Crippen LogP) is -0.421. The van der Waals surface area contributed by atoms with Crippen LogP contribution in [0, 0.1) is 0 Å². The standard InChI is InChI=1S/C13H17N3O5/c1-21-8-7-16-11(17)5-4-9(14-16)12(18)15-6-2-3-10(15)13(19)20/h4-5,10H,2-3,6-8H2,1H3,(H,19,20)/t10-/m0/s1. The molecule has 0 aliphatic carbocycles. The Morgan fingerprint density at radius 1 is 1.48 bits per heavy atom. The van der Waals surface area contributed by atoms with Crippen LogP contribution in [-0.2, 0) is 16.1 Å². The Balaban J connectivity index is 2.23. The second kappa shape index (κ2) is 6.49. The van der Waals surface area contributed by atoms with Crippen LogP contribution in [0.2, 0.25) is 0 Å². The summed E-state index contributed by atoms with van der Waals surface area (Å²) in [5, 5.41) is 13.1. The van der Waals surface area contributed by atoms with Crippen LogP contribution in [0.1, 0.15) is 23.3 Å². The highest BCUT2D eigenvalue weighted by Crippen LogP contribution is 2.19. The van der Waals surface area contributed by atoms with Crippen molar-refractivity contribution in [3.05, 3.63) is 28.2 Å². The van der Waals surface area contributed by atoms with Gasteiger partial charge in [0.2, 0.25) is 0 Å². The number of carboxylic acid groups (broad SMARTS) is 1. The Morgan fingerprint density at radius 2 is 2.24 bits per heavy atom. The molecule has 21 heavy (non-hydrogen) atoms. The van der Waals surface area contributed by atoms with E-state index >= 15 is 0 Å². The number of aliphatic carboxylic acids is 1. The lowest BCUT2D eigenvalue weighted by molar-refractivity contribution is -0.141. The van der Waals surface area contributed by atoms with Crippen LogP contribution in [0.5, 0.6) is 0 Å². The van der Waals surface area contributed by atoms with E-state index in [9.17, 15) is 14.4 Å². The molecule has 8 nitrogen and oxygen atoms in total. The minimum Gasteiger partial charge on any atom is -0.480 e. The number of amides is 1. The number of carboxylic acids is 1. The van der Waals surface area contributed by atoms with Gasteiger partial charge in [-0.1, -0.05) is 0 Å². The van der Waals surface area contributed by atoms with E-state index in [2.05, 4.69) is 5.10 Å². The van der Waals surface area contributed by atoms with Gasteiger partial charge < -0.3 is 14.7 Å². The van der Waals surface area contributed by atoms with Gasteiger partial charge in [-0.25, -0.2) is 9.48 Å². The lowest BCUT2D eigenvalue weighted by Crippen LogP contribution is -2.41. The Labute approximate surface area is 120 Å².